The maximum atomic E-state index is 10.9. The summed E-state index contributed by atoms with van der Waals surface area (Å²) in [7, 11) is -4.25. The van der Waals surface area contributed by atoms with Crippen molar-refractivity contribution in [1.29, 1.82) is 0 Å². The second-order valence-corrected chi connectivity index (χ2v) is 5.43. The molecule has 2 aromatic rings. The van der Waals surface area contributed by atoms with Crippen LogP contribution < -0.4 is 33.7 Å². The van der Waals surface area contributed by atoms with Gasteiger partial charge in [0.1, 0.15) is 17.1 Å². The van der Waals surface area contributed by atoms with Gasteiger partial charge in [-0.15, -0.1) is 0 Å². The maximum absolute atomic E-state index is 10.9. The van der Waals surface area contributed by atoms with E-state index in [9.17, 15) is 17.2 Å². The van der Waals surface area contributed by atoms with Crippen molar-refractivity contribution in [2.24, 2.45) is 0 Å². The summed E-state index contributed by atoms with van der Waals surface area (Å²) in [6, 6.07) is 8.26. The second-order valence-electron chi connectivity index (χ2n) is 3.43. The van der Waals surface area contributed by atoms with E-state index in [1.807, 2.05) is 0 Å². The Labute approximate surface area is 134 Å². The molecule has 0 aromatic heterocycles. The summed E-state index contributed by atoms with van der Waals surface area (Å²) >= 11 is -2.66. The third kappa shape index (κ3) is 4.25. The molecule has 9 heteroatoms. The Bertz CT molecular complexity index is 728. The summed E-state index contributed by atoms with van der Waals surface area (Å²) in [5, 5.41) is 1.12. The van der Waals surface area contributed by atoms with Gasteiger partial charge in [-0.25, -0.2) is 4.21 Å². The van der Waals surface area contributed by atoms with E-state index in [0.717, 1.165) is 0 Å². The molecule has 6 nitrogen and oxygen atoms in total. The number of benzene rings is 2. The summed E-state index contributed by atoms with van der Waals surface area (Å²) in [6.45, 7) is 0. The zero-order chi connectivity index (χ0) is 13.3. The molecule has 0 aliphatic rings. The van der Waals surface area contributed by atoms with Crippen molar-refractivity contribution >= 4 is 32.3 Å². The maximum Gasteiger partial charge on any atom is 1.00 e. The Morgan fingerprint density at radius 1 is 1.11 bits per heavy atom. The van der Waals surface area contributed by atoms with Crippen molar-refractivity contribution in [3.63, 3.8) is 0 Å². The molecule has 0 aliphatic heterocycles. The Morgan fingerprint density at radius 3 is 2.26 bits per heavy atom. The van der Waals surface area contributed by atoms with E-state index < -0.39 is 21.5 Å². The van der Waals surface area contributed by atoms with Crippen LogP contribution in [-0.4, -0.2) is 21.7 Å². The molecule has 2 rings (SSSR count). The van der Waals surface area contributed by atoms with Gasteiger partial charge in [-0.2, -0.15) is 8.42 Å². The Morgan fingerprint density at radius 2 is 1.68 bits per heavy atom. The SMILES string of the molecule is O=S([O-])Oc1ccc2cc(S(=O)(=O)O)ccc2c1.[Na+]. The molecule has 2 aromatic carbocycles. The second kappa shape index (κ2) is 6.31. The van der Waals surface area contributed by atoms with Gasteiger partial charge in [0.05, 0.1) is 4.90 Å². The van der Waals surface area contributed by atoms with E-state index in [2.05, 4.69) is 4.18 Å². The van der Waals surface area contributed by atoms with Gasteiger partial charge in [0, 0.05) is 0 Å². The minimum Gasteiger partial charge on any atom is -0.740 e. The van der Waals surface area contributed by atoms with Crippen molar-refractivity contribution in [3.05, 3.63) is 36.4 Å². The summed E-state index contributed by atoms with van der Waals surface area (Å²) in [5.74, 6) is 0.121. The van der Waals surface area contributed by atoms with Gasteiger partial charge in [0.25, 0.3) is 10.1 Å². The molecule has 19 heavy (non-hydrogen) atoms. The summed E-state index contributed by atoms with van der Waals surface area (Å²) in [4.78, 5) is -0.226. The van der Waals surface area contributed by atoms with Crippen LogP contribution in [0.25, 0.3) is 10.8 Å². The topological polar surface area (TPSA) is 104 Å². The molecular formula is C10H7NaO6S2. The fourth-order valence-corrected chi connectivity index (χ4v) is 2.27. The van der Waals surface area contributed by atoms with Gasteiger partial charge >= 0.3 is 29.6 Å². The van der Waals surface area contributed by atoms with E-state index >= 15 is 0 Å². The Kier molecular flexibility index (Phi) is 5.51. The van der Waals surface area contributed by atoms with E-state index in [1.54, 1.807) is 0 Å². The van der Waals surface area contributed by atoms with Crippen LogP contribution in [0.4, 0.5) is 0 Å². The molecule has 0 heterocycles. The van der Waals surface area contributed by atoms with Crippen molar-refractivity contribution in [1.82, 2.24) is 0 Å². The molecule has 0 fully saturated rings. The van der Waals surface area contributed by atoms with Crippen molar-refractivity contribution in [2.75, 3.05) is 0 Å². The van der Waals surface area contributed by atoms with E-state index in [-0.39, 0.29) is 40.2 Å². The minimum absolute atomic E-state index is 0. The minimum atomic E-state index is -4.25. The van der Waals surface area contributed by atoms with Gasteiger partial charge in [-0.3, -0.25) is 4.55 Å². The van der Waals surface area contributed by atoms with Crippen LogP contribution in [0, 0.1) is 0 Å². The molecule has 0 amide bonds. The molecule has 0 aliphatic carbocycles. The molecule has 0 radical (unpaired) electrons. The first-order valence-electron chi connectivity index (χ1n) is 4.65. The fraction of sp³-hybridized carbons (Fsp3) is 0. The first-order valence-corrected chi connectivity index (χ1v) is 7.09. The third-order valence-corrected chi connectivity index (χ3v) is 3.42. The van der Waals surface area contributed by atoms with Crippen LogP contribution >= 0.6 is 0 Å². The fourth-order valence-electron chi connectivity index (χ4n) is 1.49. The molecule has 1 atom stereocenters. The predicted octanol–water partition coefficient (Wildman–Crippen LogP) is -1.74. The van der Waals surface area contributed by atoms with Crippen molar-refractivity contribution in [3.8, 4) is 5.75 Å². The monoisotopic (exact) mass is 310 g/mol. The third-order valence-electron chi connectivity index (χ3n) is 2.25. The Balaban J connectivity index is 0.00000180. The zero-order valence-electron chi connectivity index (χ0n) is 9.77. The average Bonchev–Trinajstić information content (AvgIpc) is 2.26. The van der Waals surface area contributed by atoms with Crippen LogP contribution in [0.2, 0.25) is 0 Å². The average molecular weight is 310 g/mol. The largest absolute Gasteiger partial charge is 1.00 e. The van der Waals surface area contributed by atoms with Gasteiger partial charge in [-0.05, 0) is 35.0 Å². The van der Waals surface area contributed by atoms with Gasteiger partial charge in [0.2, 0.25) is 0 Å². The van der Waals surface area contributed by atoms with Crippen LogP contribution in [-0.2, 0) is 21.5 Å². The van der Waals surface area contributed by atoms with Gasteiger partial charge in [-0.1, -0.05) is 12.1 Å². The first kappa shape index (κ1) is 16.6. The van der Waals surface area contributed by atoms with Crippen LogP contribution in [0.3, 0.4) is 0 Å². The number of hydrogen-bond acceptors (Lipinski definition) is 5. The molecular weight excluding hydrogens is 303 g/mol. The predicted molar refractivity (Wildman–Crippen MR) is 63.3 cm³/mol. The number of fused-ring (bicyclic) bond motifs is 1. The van der Waals surface area contributed by atoms with Crippen LogP contribution in [0.5, 0.6) is 5.75 Å². The Hall–Kier alpha value is -0.480. The zero-order valence-corrected chi connectivity index (χ0v) is 13.4. The number of hydrogen-bond donors (Lipinski definition) is 1. The molecule has 0 spiro atoms. The normalized spacial score (nSPS) is 12.7. The molecule has 0 bridgehead atoms. The molecule has 96 valence electrons. The smallest absolute Gasteiger partial charge is 0.740 e. The summed E-state index contributed by atoms with van der Waals surface area (Å²) in [6.07, 6.45) is 0. The van der Waals surface area contributed by atoms with Crippen LogP contribution in [0.15, 0.2) is 41.3 Å². The van der Waals surface area contributed by atoms with E-state index in [1.165, 1.54) is 36.4 Å². The number of rotatable bonds is 3. The quantitative estimate of drug-likeness (QED) is 0.410. The van der Waals surface area contributed by atoms with Crippen molar-refractivity contribution < 1.29 is 55.5 Å². The van der Waals surface area contributed by atoms with E-state index in [0.29, 0.717) is 10.8 Å². The van der Waals surface area contributed by atoms with E-state index in [4.69, 9.17) is 4.55 Å². The van der Waals surface area contributed by atoms with Gasteiger partial charge < -0.3 is 8.74 Å². The molecule has 0 saturated carbocycles. The molecule has 1 N–H and O–H groups in total. The standard InChI is InChI=1S/C10H8O6S2.Na/c11-17(12)16-9-3-1-8-6-10(18(13,14)15)4-2-7(8)5-9;/h1-6H,(H,11,12)(H,13,14,15);/q;+1/p-1. The summed E-state index contributed by atoms with van der Waals surface area (Å²) in [5.41, 5.74) is 0. The first-order chi connectivity index (χ1) is 8.36. The van der Waals surface area contributed by atoms with Crippen LogP contribution in [0.1, 0.15) is 0 Å². The summed E-state index contributed by atoms with van der Waals surface area (Å²) < 4.78 is 55.9. The van der Waals surface area contributed by atoms with Crippen molar-refractivity contribution in [2.45, 2.75) is 4.90 Å². The molecule has 1 unspecified atom stereocenters. The molecule has 0 saturated heterocycles. The van der Waals surface area contributed by atoms with Gasteiger partial charge in [0.15, 0.2) is 0 Å².